The number of likely N-dealkylation sites (N-methyl/N-ethyl adjacent to an activating group) is 1. The lowest BCUT2D eigenvalue weighted by Crippen LogP contribution is -2.35. The second-order valence-electron chi connectivity index (χ2n) is 7.61. The number of aromatic nitrogens is 1. The van der Waals surface area contributed by atoms with E-state index >= 15 is 0 Å². The van der Waals surface area contributed by atoms with Crippen LogP contribution in [-0.2, 0) is 14.8 Å². The number of nitrogens with zero attached hydrogens (tertiary/aromatic N) is 3. The summed E-state index contributed by atoms with van der Waals surface area (Å²) in [6, 6.07) is 11.2. The maximum Gasteiger partial charge on any atom is 0.264 e. The smallest absolute Gasteiger partial charge is 0.264 e. The highest BCUT2D eigenvalue weighted by atomic mass is 32.2. The highest BCUT2D eigenvalue weighted by molar-refractivity contribution is 7.89. The van der Waals surface area contributed by atoms with E-state index < -0.39 is 15.9 Å². The van der Waals surface area contributed by atoms with Crippen LogP contribution in [0.5, 0.6) is 5.75 Å². The van der Waals surface area contributed by atoms with E-state index in [2.05, 4.69) is 10.3 Å². The zero-order valence-corrected chi connectivity index (χ0v) is 20.1. The van der Waals surface area contributed by atoms with Gasteiger partial charge in [-0.3, -0.25) is 14.9 Å². The highest BCUT2D eigenvalue weighted by Gasteiger charge is 2.24. The molecule has 0 bridgehead atoms. The van der Waals surface area contributed by atoms with Crippen molar-refractivity contribution in [2.75, 3.05) is 38.0 Å². The molecule has 0 spiro atoms. The van der Waals surface area contributed by atoms with Crippen molar-refractivity contribution in [3.8, 4) is 17.0 Å². The number of aryl methyl sites for hydroxylation is 1. The first-order valence-corrected chi connectivity index (χ1v) is 12.2. The lowest BCUT2D eigenvalue weighted by molar-refractivity contribution is -0.120. The molecule has 0 saturated heterocycles. The average Bonchev–Trinajstić information content (AvgIpc) is 3.16. The van der Waals surface area contributed by atoms with Gasteiger partial charge in [0.25, 0.3) is 11.8 Å². The molecule has 0 saturated carbocycles. The number of sulfonamides is 1. The number of rotatable bonds is 5. The molecule has 11 heteroatoms. The van der Waals surface area contributed by atoms with E-state index in [9.17, 15) is 18.0 Å². The van der Waals surface area contributed by atoms with Gasteiger partial charge in [-0.1, -0.05) is 0 Å². The van der Waals surface area contributed by atoms with Gasteiger partial charge in [-0.05, 0) is 49.4 Å². The van der Waals surface area contributed by atoms with Crippen LogP contribution >= 0.6 is 11.3 Å². The zero-order valence-electron chi connectivity index (χ0n) is 18.4. The quantitative estimate of drug-likeness (QED) is 0.594. The summed E-state index contributed by atoms with van der Waals surface area (Å²) >= 11 is 1.32. The molecule has 1 aromatic heterocycles. The van der Waals surface area contributed by atoms with E-state index in [0.717, 1.165) is 14.7 Å². The number of amides is 2. The SMILES string of the molecule is Cc1sc(NC(=O)c2ccc(S(=O)(=O)N(C)C)cc2)nc1-c1ccc2c(c1)N(C)C(=O)CO2. The molecule has 0 unspecified atom stereocenters. The van der Waals surface area contributed by atoms with E-state index in [0.29, 0.717) is 27.8 Å². The number of hydrogen-bond acceptors (Lipinski definition) is 7. The Bertz CT molecular complexity index is 1350. The summed E-state index contributed by atoms with van der Waals surface area (Å²) in [6.45, 7) is 1.91. The molecule has 3 aromatic rings. The molecular weight excluding hydrogens is 464 g/mol. The standard InChI is InChI=1S/C22H22N4O5S2/c1-13-20(15-7-10-18-17(11-15)26(4)19(27)12-31-18)23-22(32-13)24-21(28)14-5-8-16(9-6-14)33(29,30)25(2)3/h5-11H,12H2,1-4H3,(H,23,24,28). The fourth-order valence-electron chi connectivity index (χ4n) is 3.30. The molecule has 2 amide bonds. The van der Waals surface area contributed by atoms with Gasteiger partial charge in [0.05, 0.1) is 16.3 Å². The molecule has 1 aliphatic heterocycles. The number of nitrogens with one attached hydrogen (secondary N) is 1. The molecule has 172 valence electrons. The van der Waals surface area contributed by atoms with Crippen molar-refractivity contribution in [2.45, 2.75) is 11.8 Å². The third kappa shape index (κ3) is 4.34. The van der Waals surface area contributed by atoms with E-state index in [1.165, 1.54) is 49.7 Å². The Morgan fingerprint density at radius 3 is 2.55 bits per heavy atom. The van der Waals surface area contributed by atoms with Gasteiger partial charge in [-0.15, -0.1) is 11.3 Å². The highest BCUT2D eigenvalue weighted by Crippen LogP contribution is 2.38. The predicted molar refractivity (Wildman–Crippen MR) is 126 cm³/mol. The molecule has 2 aromatic carbocycles. The van der Waals surface area contributed by atoms with Gasteiger partial charge in [-0.2, -0.15) is 0 Å². The van der Waals surface area contributed by atoms with Crippen molar-refractivity contribution in [2.24, 2.45) is 0 Å². The third-order valence-electron chi connectivity index (χ3n) is 5.23. The molecule has 0 aliphatic carbocycles. The maximum absolute atomic E-state index is 12.7. The monoisotopic (exact) mass is 486 g/mol. The third-order valence-corrected chi connectivity index (χ3v) is 7.95. The van der Waals surface area contributed by atoms with Gasteiger partial charge in [0, 0.05) is 37.1 Å². The Morgan fingerprint density at radius 1 is 1.18 bits per heavy atom. The number of carbonyl (C=O) groups excluding carboxylic acids is 2. The molecular formula is C22H22N4O5S2. The van der Waals surface area contributed by atoms with E-state index in [4.69, 9.17) is 4.74 Å². The van der Waals surface area contributed by atoms with Crippen LogP contribution in [0.1, 0.15) is 15.2 Å². The van der Waals surface area contributed by atoms with E-state index in [-0.39, 0.29) is 17.4 Å². The van der Waals surface area contributed by atoms with Crippen LogP contribution in [-0.4, -0.2) is 57.3 Å². The molecule has 0 radical (unpaired) electrons. The van der Waals surface area contributed by atoms with Gasteiger partial charge in [-0.25, -0.2) is 17.7 Å². The van der Waals surface area contributed by atoms with Gasteiger partial charge in [0.2, 0.25) is 10.0 Å². The van der Waals surface area contributed by atoms with Crippen LogP contribution in [0.25, 0.3) is 11.3 Å². The van der Waals surface area contributed by atoms with E-state index in [1.54, 1.807) is 18.0 Å². The summed E-state index contributed by atoms with van der Waals surface area (Å²) in [5, 5.41) is 3.18. The minimum atomic E-state index is -3.57. The molecule has 0 fully saturated rings. The molecule has 33 heavy (non-hydrogen) atoms. The Labute approximate surface area is 195 Å². The Morgan fingerprint density at radius 2 is 1.88 bits per heavy atom. The van der Waals surface area contributed by atoms with Crippen molar-refractivity contribution >= 4 is 44.0 Å². The molecule has 0 atom stereocenters. The Balaban J connectivity index is 1.55. The minimum Gasteiger partial charge on any atom is -0.482 e. The zero-order chi connectivity index (χ0) is 23.9. The number of ether oxygens (including phenoxy) is 1. The van der Waals surface area contributed by atoms with E-state index in [1.807, 2.05) is 19.1 Å². The minimum absolute atomic E-state index is 0.0107. The topological polar surface area (TPSA) is 109 Å². The fourth-order valence-corrected chi connectivity index (χ4v) is 5.03. The number of benzene rings is 2. The number of fused-ring (bicyclic) bond motifs is 1. The van der Waals surface area contributed by atoms with Crippen LogP contribution in [0, 0.1) is 6.92 Å². The largest absolute Gasteiger partial charge is 0.482 e. The second-order valence-corrected chi connectivity index (χ2v) is 11.0. The summed E-state index contributed by atoms with van der Waals surface area (Å²) in [6.07, 6.45) is 0. The van der Waals surface area contributed by atoms with Crippen LogP contribution in [0.15, 0.2) is 47.4 Å². The summed E-state index contributed by atoms with van der Waals surface area (Å²) in [5.74, 6) is 0.0993. The van der Waals surface area contributed by atoms with Gasteiger partial charge in [0.1, 0.15) is 5.75 Å². The lowest BCUT2D eigenvalue weighted by Gasteiger charge is -2.26. The normalized spacial score (nSPS) is 13.6. The van der Waals surface area contributed by atoms with Crippen molar-refractivity contribution in [3.63, 3.8) is 0 Å². The van der Waals surface area contributed by atoms with Gasteiger partial charge in [0.15, 0.2) is 11.7 Å². The summed E-state index contributed by atoms with van der Waals surface area (Å²) in [4.78, 5) is 31.7. The first kappa shape index (κ1) is 22.9. The van der Waals surface area contributed by atoms with Gasteiger partial charge >= 0.3 is 0 Å². The number of thiazole rings is 1. The fraction of sp³-hybridized carbons (Fsp3) is 0.227. The van der Waals surface area contributed by atoms with Gasteiger partial charge < -0.3 is 9.64 Å². The number of anilines is 2. The first-order chi connectivity index (χ1) is 15.6. The van der Waals surface area contributed by atoms with Crippen molar-refractivity contribution in [1.29, 1.82) is 0 Å². The molecule has 1 N–H and O–H groups in total. The Kier molecular flexibility index (Phi) is 5.95. The lowest BCUT2D eigenvalue weighted by atomic mass is 10.1. The van der Waals surface area contributed by atoms with Crippen molar-refractivity contribution in [1.82, 2.24) is 9.29 Å². The predicted octanol–water partition coefficient (Wildman–Crippen LogP) is 2.98. The summed E-state index contributed by atoms with van der Waals surface area (Å²) in [7, 11) is 1.03. The van der Waals surface area contributed by atoms with Crippen LogP contribution in [0.4, 0.5) is 10.8 Å². The molecule has 2 heterocycles. The van der Waals surface area contributed by atoms with Crippen LogP contribution in [0.2, 0.25) is 0 Å². The molecule has 4 rings (SSSR count). The molecule has 1 aliphatic rings. The molecule has 9 nitrogen and oxygen atoms in total. The Hall–Kier alpha value is -3.28. The van der Waals surface area contributed by atoms with Crippen molar-refractivity contribution in [3.05, 3.63) is 52.9 Å². The maximum atomic E-state index is 12.7. The number of hydrogen-bond donors (Lipinski definition) is 1. The van der Waals surface area contributed by atoms with Crippen LogP contribution in [0.3, 0.4) is 0 Å². The average molecular weight is 487 g/mol. The number of carbonyl (C=O) groups is 2. The first-order valence-electron chi connectivity index (χ1n) is 9.93. The second kappa shape index (κ2) is 8.58. The summed E-state index contributed by atoms with van der Waals surface area (Å²) in [5.41, 5.74) is 2.46. The van der Waals surface area contributed by atoms with Crippen molar-refractivity contribution < 1.29 is 22.7 Å². The van der Waals surface area contributed by atoms with Crippen LogP contribution < -0.4 is 15.0 Å². The summed E-state index contributed by atoms with van der Waals surface area (Å²) < 4.78 is 31.0.